The van der Waals surface area contributed by atoms with Gasteiger partial charge in [0.25, 0.3) is 0 Å². The van der Waals surface area contributed by atoms with Gasteiger partial charge in [-0.25, -0.2) is 0 Å². The molecule has 3 rings (SSSR count). The van der Waals surface area contributed by atoms with Gasteiger partial charge in [0, 0.05) is 24.5 Å². The Morgan fingerprint density at radius 2 is 1.86 bits per heavy atom. The van der Waals surface area contributed by atoms with Gasteiger partial charge in [0.2, 0.25) is 0 Å². The molecule has 0 fully saturated rings. The van der Waals surface area contributed by atoms with Crippen LogP contribution in [0.3, 0.4) is 0 Å². The Morgan fingerprint density at radius 1 is 1.10 bits per heavy atom. The smallest absolute Gasteiger partial charge is 0.195 e. The number of hydrogen-bond acceptors (Lipinski definition) is 3. The molecule has 2 heterocycles. The van der Waals surface area contributed by atoms with Crippen molar-refractivity contribution in [1.82, 2.24) is 19.7 Å². The molecule has 2 aromatic heterocycles. The molecule has 0 aliphatic rings. The number of benzene rings is 1. The highest BCUT2D eigenvalue weighted by Crippen LogP contribution is 2.16. The average Bonchev–Trinajstić information content (AvgIpc) is 2.91. The maximum absolute atomic E-state index is 5.30. The molecule has 0 bridgehead atoms. The van der Waals surface area contributed by atoms with E-state index in [-0.39, 0.29) is 0 Å². The van der Waals surface area contributed by atoms with E-state index in [9.17, 15) is 0 Å². The minimum atomic E-state index is 0.611. The molecule has 104 valence electrons. The summed E-state index contributed by atoms with van der Waals surface area (Å²) in [5.41, 5.74) is 2.16. The Morgan fingerprint density at radius 3 is 2.62 bits per heavy atom. The van der Waals surface area contributed by atoms with Crippen molar-refractivity contribution in [2.24, 2.45) is 0 Å². The standard InChI is InChI=1S/C16H14N4S/c21-16-19-18-15(14-8-10-17-11-9-14)20(16)12-4-7-13-5-2-1-3-6-13/h1-11H,12H2,(H,19,21). The van der Waals surface area contributed by atoms with E-state index in [0.29, 0.717) is 11.3 Å². The van der Waals surface area contributed by atoms with E-state index in [1.165, 1.54) is 0 Å². The topological polar surface area (TPSA) is 46.5 Å². The Kier molecular flexibility index (Phi) is 4.02. The van der Waals surface area contributed by atoms with Gasteiger partial charge in [-0.2, -0.15) is 5.10 Å². The first-order chi connectivity index (χ1) is 10.3. The molecule has 0 aliphatic heterocycles. The van der Waals surface area contributed by atoms with Crippen LogP contribution in [-0.2, 0) is 6.54 Å². The van der Waals surface area contributed by atoms with E-state index >= 15 is 0 Å². The Hall–Kier alpha value is -2.53. The quantitative estimate of drug-likeness (QED) is 0.746. The first-order valence-corrected chi connectivity index (χ1v) is 7.02. The Balaban J connectivity index is 1.85. The molecular weight excluding hydrogens is 280 g/mol. The molecule has 0 unspecified atom stereocenters. The number of aromatic nitrogens is 4. The monoisotopic (exact) mass is 294 g/mol. The minimum Gasteiger partial charge on any atom is -0.296 e. The van der Waals surface area contributed by atoms with Gasteiger partial charge in [-0.3, -0.25) is 14.6 Å². The molecule has 1 N–H and O–H groups in total. The van der Waals surface area contributed by atoms with Crippen LogP contribution in [-0.4, -0.2) is 19.7 Å². The van der Waals surface area contributed by atoms with Crippen LogP contribution in [0.25, 0.3) is 17.5 Å². The third kappa shape index (κ3) is 3.14. The summed E-state index contributed by atoms with van der Waals surface area (Å²) in [5.74, 6) is 0.820. The molecule has 0 saturated heterocycles. The van der Waals surface area contributed by atoms with Crippen LogP contribution in [0.4, 0.5) is 0 Å². The minimum absolute atomic E-state index is 0.611. The zero-order chi connectivity index (χ0) is 14.5. The Bertz CT molecular complexity index is 788. The van der Waals surface area contributed by atoms with Crippen molar-refractivity contribution in [3.63, 3.8) is 0 Å². The van der Waals surface area contributed by atoms with E-state index in [1.807, 2.05) is 34.9 Å². The molecule has 0 spiro atoms. The molecule has 0 amide bonds. The van der Waals surface area contributed by atoms with Gasteiger partial charge in [0.15, 0.2) is 10.6 Å². The third-order valence-electron chi connectivity index (χ3n) is 3.09. The number of nitrogens with one attached hydrogen (secondary N) is 1. The summed E-state index contributed by atoms with van der Waals surface area (Å²) in [5, 5.41) is 7.14. The van der Waals surface area contributed by atoms with Crippen molar-refractivity contribution >= 4 is 18.3 Å². The lowest BCUT2D eigenvalue weighted by atomic mass is 10.2. The van der Waals surface area contributed by atoms with E-state index in [1.54, 1.807) is 12.4 Å². The second-order valence-electron chi connectivity index (χ2n) is 4.51. The van der Waals surface area contributed by atoms with Gasteiger partial charge in [0.05, 0.1) is 0 Å². The Labute approximate surface area is 127 Å². The van der Waals surface area contributed by atoms with Crippen molar-refractivity contribution < 1.29 is 0 Å². The van der Waals surface area contributed by atoms with Crippen LogP contribution in [0.15, 0.2) is 60.9 Å². The van der Waals surface area contributed by atoms with Gasteiger partial charge >= 0.3 is 0 Å². The van der Waals surface area contributed by atoms with Gasteiger partial charge in [0.1, 0.15) is 0 Å². The largest absolute Gasteiger partial charge is 0.296 e. The fourth-order valence-electron chi connectivity index (χ4n) is 2.07. The van der Waals surface area contributed by atoms with E-state index < -0.39 is 0 Å². The highest BCUT2D eigenvalue weighted by molar-refractivity contribution is 7.71. The second-order valence-corrected chi connectivity index (χ2v) is 4.90. The molecule has 0 radical (unpaired) electrons. The van der Waals surface area contributed by atoms with Crippen molar-refractivity contribution in [2.75, 3.05) is 0 Å². The zero-order valence-corrected chi connectivity index (χ0v) is 12.1. The van der Waals surface area contributed by atoms with Crippen LogP contribution in [0.1, 0.15) is 5.56 Å². The first kappa shape index (κ1) is 13.5. The summed E-state index contributed by atoms with van der Waals surface area (Å²) in [6, 6.07) is 14.0. The van der Waals surface area contributed by atoms with Gasteiger partial charge in [-0.1, -0.05) is 42.5 Å². The lowest BCUT2D eigenvalue weighted by molar-refractivity contribution is 0.815. The number of H-pyrrole nitrogens is 1. The summed E-state index contributed by atoms with van der Waals surface area (Å²) < 4.78 is 2.57. The summed E-state index contributed by atoms with van der Waals surface area (Å²) in [4.78, 5) is 4.02. The van der Waals surface area contributed by atoms with E-state index in [0.717, 1.165) is 17.0 Å². The molecule has 1 aromatic carbocycles. The highest BCUT2D eigenvalue weighted by Gasteiger charge is 2.06. The van der Waals surface area contributed by atoms with Crippen LogP contribution >= 0.6 is 12.2 Å². The third-order valence-corrected chi connectivity index (χ3v) is 3.41. The van der Waals surface area contributed by atoms with Gasteiger partial charge in [-0.15, -0.1) is 0 Å². The average molecular weight is 294 g/mol. The maximum Gasteiger partial charge on any atom is 0.195 e. The van der Waals surface area contributed by atoms with E-state index in [4.69, 9.17) is 12.2 Å². The van der Waals surface area contributed by atoms with Crippen LogP contribution in [0.2, 0.25) is 0 Å². The number of aromatic amines is 1. The second kappa shape index (κ2) is 6.28. The van der Waals surface area contributed by atoms with Crippen molar-refractivity contribution in [2.45, 2.75) is 6.54 Å². The normalized spacial score (nSPS) is 11.0. The molecule has 0 saturated carbocycles. The number of hydrogen-bond donors (Lipinski definition) is 1. The predicted molar refractivity (Wildman–Crippen MR) is 86.1 cm³/mol. The fourth-order valence-corrected chi connectivity index (χ4v) is 2.27. The number of pyridine rings is 1. The van der Waals surface area contributed by atoms with Gasteiger partial charge in [-0.05, 0) is 29.9 Å². The summed E-state index contributed by atoms with van der Waals surface area (Å²) in [6.45, 7) is 0.669. The summed E-state index contributed by atoms with van der Waals surface area (Å²) >= 11 is 5.30. The first-order valence-electron chi connectivity index (χ1n) is 6.62. The molecular formula is C16H14N4S. The van der Waals surface area contributed by atoms with Crippen molar-refractivity contribution in [3.8, 4) is 11.4 Å². The predicted octanol–water partition coefficient (Wildman–Crippen LogP) is 3.72. The summed E-state index contributed by atoms with van der Waals surface area (Å²) in [7, 11) is 0. The number of rotatable bonds is 4. The number of nitrogens with zero attached hydrogens (tertiary/aromatic N) is 3. The van der Waals surface area contributed by atoms with Gasteiger partial charge < -0.3 is 0 Å². The molecule has 0 aliphatic carbocycles. The summed E-state index contributed by atoms with van der Waals surface area (Å²) in [6.07, 6.45) is 7.64. The fraction of sp³-hybridized carbons (Fsp3) is 0.0625. The SMILES string of the molecule is S=c1[nH]nc(-c2ccncc2)n1CC=Cc1ccccc1. The van der Waals surface area contributed by atoms with Crippen molar-refractivity contribution in [3.05, 3.63) is 71.3 Å². The van der Waals surface area contributed by atoms with Crippen LogP contribution < -0.4 is 0 Å². The molecule has 0 atom stereocenters. The highest BCUT2D eigenvalue weighted by atomic mass is 32.1. The maximum atomic E-state index is 5.30. The van der Waals surface area contributed by atoms with Crippen molar-refractivity contribution in [1.29, 1.82) is 0 Å². The van der Waals surface area contributed by atoms with E-state index in [2.05, 4.69) is 39.5 Å². The lowest BCUT2D eigenvalue weighted by Gasteiger charge is -2.03. The molecule has 5 heteroatoms. The van der Waals surface area contributed by atoms with Crippen LogP contribution in [0.5, 0.6) is 0 Å². The molecule has 21 heavy (non-hydrogen) atoms. The zero-order valence-electron chi connectivity index (χ0n) is 11.3. The van der Waals surface area contributed by atoms with Crippen LogP contribution in [0, 0.1) is 4.77 Å². The lowest BCUT2D eigenvalue weighted by Crippen LogP contribution is -1.98. The molecule has 4 nitrogen and oxygen atoms in total. The number of allylic oxidation sites excluding steroid dienone is 1. The molecule has 3 aromatic rings.